The first-order valence-corrected chi connectivity index (χ1v) is 14.4. The van der Waals surface area contributed by atoms with Crippen LogP contribution in [0.1, 0.15) is 56.8 Å². The highest BCUT2D eigenvalue weighted by molar-refractivity contribution is 5.99. The highest BCUT2D eigenvalue weighted by atomic mass is 16.6. The van der Waals surface area contributed by atoms with Gasteiger partial charge in [0.25, 0.3) is 5.91 Å². The Morgan fingerprint density at radius 1 is 1.12 bits per heavy atom. The predicted molar refractivity (Wildman–Crippen MR) is 145 cm³/mol. The van der Waals surface area contributed by atoms with Crippen LogP contribution in [0, 0.1) is 22.2 Å². The molecular formula is C31H36N2O9. The normalized spacial score (nSPS) is 35.8. The first kappa shape index (κ1) is 28.4. The Bertz CT molecular complexity index is 1360. The molecule has 0 bridgehead atoms. The van der Waals surface area contributed by atoms with Gasteiger partial charge in [-0.3, -0.25) is 19.2 Å². The van der Waals surface area contributed by atoms with Crippen molar-refractivity contribution >= 4 is 29.7 Å². The fraction of sp³-hybridized carbons (Fsp3) is 0.581. The van der Waals surface area contributed by atoms with Gasteiger partial charge in [-0.25, -0.2) is 4.79 Å². The van der Waals surface area contributed by atoms with Crippen LogP contribution in [0.4, 0.5) is 0 Å². The summed E-state index contributed by atoms with van der Waals surface area (Å²) in [4.78, 5) is 69.8. The molecule has 4 aliphatic heterocycles. The van der Waals surface area contributed by atoms with Crippen LogP contribution in [0.25, 0.3) is 0 Å². The summed E-state index contributed by atoms with van der Waals surface area (Å²) in [5, 5.41) is 12.7. The zero-order valence-corrected chi connectivity index (χ0v) is 24.0. The van der Waals surface area contributed by atoms with Gasteiger partial charge in [-0.15, -0.1) is 0 Å². The van der Waals surface area contributed by atoms with E-state index in [9.17, 15) is 29.1 Å². The smallest absolute Gasteiger partial charge is 0.338 e. The Labute approximate surface area is 243 Å². The van der Waals surface area contributed by atoms with Crippen LogP contribution < -0.4 is 0 Å². The van der Waals surface area contributed by atoms with Gasteiger partial charge in [-0.2, -0.15) is 0 Å². The van der Waals surface area contributed by atoms with Crippen molar-refractivity contribution in [3.8, 4) is 0 Å². The molecule has 1 N–H and O–H groups in total. The minimum Gasteiger partial charge on any atom is -0.461 e. The van der Waals surface area contributed by atoms with Crippen LogP contribution >= 0.6 is 0 Å². The lowest BCUT2D eigenvalue weighted by molar-refractivity contribution is -0.212. The molecule has 42 heavy (non-hydrogen) atoms. The second-order valence-corrected chi connectivity index (χ2v) is 13.2. The number of nitrogens with zero attached hydrogens (tertiary/aromatic N) is 2. The highest BCUT2D eigenvalue weighted by Gasteiger charge is 2.93. The van der Waals surface area contributed by atoms with E-state index in [1.165, 1.54) is 11.0 Å². The van der Waals surface area contributed by atoms with Crippen LogP contribution in [0.2, 0.25) is 0 Å². The monoisotopic (exact) mass is 580 g/mol. The summed E-state index contributed by atoms with van der Waals surface area (Å²) >= 11 is 0. The quantitative estimate of drug-likeness (QED) is 0.314. The summed E-state index contributed by atoms with van der Waals surface area (Å²) in [6.45, 7) is 10.0. The summed E-state index contributed by atoms with van der Waals surface area (Å²) in [7, 11) is 0. The number of benzene rings is 1. The molecule has 2 amide bonds. The molecule has 0 aromatic heterocycles. The van der Waals surface area contributed by atoms with E-state index in [-0.39, 0.29) is 30.4 Å². The Balaban J connectivity index is 1.45. The molecule has 1 saturated carbocycles. The molecule has 4 heterocycles. The van der Waals surface area contributed by atoms with E-state index in [0.29, 0.717) is 25.9 Å². The fourth-order valence-corrected chi connectivity index (χ4v) is 8.27. The molecule has 5 aliphatic rings. The zero-order valence-electron chi connectivity index (χ0n) is 24.0. The molecule has 0 unspecified atom stereocenters. The molecule has 6 atom stereocenters. The van der Waals surface area contributed by atoms with Crippen molar-refractivity contribution < 1.29 is 43.3 Å². The number of hydrogen-bond donors (Lipinski definition) is 1. The Kier molecular flexibility index (Phi) is 6.35. The molecule has 1 aliphatic carbocycles. The molecule has 1 aromatic carbocycles. The number of rotatable bonds is 5. The van der Waals surface area contributed by atoms with Crippen LogP contribution in [0.3, 0.4) is 0 Å². The van der Waals surface area contributed by atoms with Crippen molar-refractivity contribution in [2.24, 2.45) is 22.2 Å². The molecule has 6 rings (SSSR count). The lowest BCUT2D eigenvalue weighted by Gasteiger charge is -2.51. The van der Waals surface area contributed by atoms with Crippen molar-refractivity contribution in [2.75, 3.05) is 19.6 Å². The number of piperidine rings is 1. The van der Waals surface area contributed by atoms with E-state index >= 15 is 0 Å². The topological polar surface area (TPSA) is 140 Å². The summed E-state index contributed by atoms with van der Waals surface area (Å²) in [5.41, 5.74) is -6.10. The van der Waals surface area contributed by atoms with Gasteiger partial charge in [0.15, 0.2) is 12.3 Å². The zero-order chi connectivity index (χ0) is 30.2. The number of ether oxygens (including phenoxy) is 3. The number of hydrogen-bond acceptors (Lipinski definition) is 9. The Morgan fingerprint density at radius 2 is 1.79 bits per heavy atom. The lowest BCUT2D eigenvalue weighted by atomic mass is 9.52. The van der Waals surface area contributed by atoms with Crippen LogP contribution in [-0.2, 0) is 33.4 Å². The third-order valence-corrected chi connectivity index (χ3v) is 10.4. The summed E-state index contributed by atoms with van der Waals surface area (Å²) in [5.74, 6) is -2.98. The molecule has 4 saturated heterocycles. The summed E-state index contributed by atoms with van der Waals surface area (Å²) in [6.07, 6.45) is -2.02. The van der Waals surface area contributed by atoms with E-state index in [1.807, 2.05) is 0 Å². The number of esters is 3. The van der Waals surface area contributed by atoms with E-state index in [0.717, 1.165) is 0 Å². The van der Waals surface area contributed by atoms with Gasteiger partial charge in [-0.05, 0) is 42.4 Å². The average molecular weight is 581 g/mol. The van der Waals surface area contributed by atoms with Gasteiger partial charge in [0.1, 0.15) is 16.9 Å². The van der Waals surface area contributed by atoms with Crippen LogP contribution in [0.15, 0.2) is 43.0 Å². The van der Waals surface area contributed by atoms with Crippen molar-refractivity contribution in [3.05, 3.63) is 48.6 Å². The van der Waals surface area contributed by atoms with Gasteiger partial charge in [0.2, 0.25) is 5.91 Å². The second-order valence-electron chi connectivity index (χ2n) is 13.2. The maximum atomic E-state index is 14.4. The highest BCUT2D eigenvalue weighted by Crippen LogP contribution is 2.76. The molecule has 2 spiro atoms. The third-order valence-electron chi connectivity index (χ3n) is 10.4. The van der Waals surface area contributed by atoms with Gasteiger partial charge < -0.3 is 29.1 Å². The van der Waals surface area contributed by atoms with Crippen molar-refractivity contribution in [2.45, 2.75) is 70.5 Å². The first-order chi connectivity index (χ1) is 19.8. The third kappa shape index (κ3) is 3.52. The molecule has 1 aromatic rings. The predicted octanol–water partition coefficient (Wildman–Crippen LogP) is 1.83. The first-order valence-electron chi connectivity index (χ1n) is 14.4. The number of likely N-dealkylation sites (tertiary alicyclic amines) is 2. The lowest BCUT2D eigenvalue weighted by Crippen LogP contribution is -2.66. The molecular weight excluding hydrogens is 544 g/mol. The molecule has 0 radical (unpaired) electrons. The average Bonchev–Trinajstić information content (AvgIpc) is 3.57. The standard InChI is InChI=1S/C31H36N2O9/c1-5-21(34)32-13-11-18(12-14-32)17-33-24(36)23(41-25(37)19-9-7-6-8-10-19)31-26(33)42-27(38)29(31)16-22(35)40-20(29)15-30(31,39)28(2,3)4/h5-10,18,20,23,26,39H,1,11-17H2,2-4H3/t20-,23-,26-,29-,30+,31+/m0/s1. The molecule has 224 valence electrons. The van der Waals surface area contributed by atoms with Crippen molar-refractivity contribution in [1.82, 2.24) is 9.80 Å². The van der Waals surface area contributed by atoms with Gasteiger partial charge in [0.05, 0.1) is 17.6 Å². The van der Waals surface area contributed by atoms with Gasteiger partial charge in [-0.1, -0.05) is 45.5 Å². The largest absolute Gasteiger partial charge is 0.461 e. The van der Waals surface area contributed by atoms with E-state index < -0.39 is 70.5 Å². The van der Waals surface area contributed by atoms with E-state index in [1.54, 1.807) is 56.0 Å². The minimum absolute atomic E-state index is 0.0555. The fourth-order valence-electron chi connectivity index (χ4n) is 8.27. The van der Waals surface area contributed by atoms with Crippen LogP contribution in [0.5, 0.6) is 0 Å². The van der Waals surface area contributed by atoms with Crippen molar-refractivity contribution in [3.63, 3.8) is 0 Å². The number of carbonyl (C=O) groups excluding carboxylic acids is 5. The Morgan fingerprint density at radius 3 is 2.40 bits per heavy atom. The van der Waals surface area contributed by atoms with Crippen LogP contribution in [-0.4, -0.2) is 88.3 Å². The Hall–Kier alpha value is -3.73. The minimum atomic E-state index is -1.81. The molecule has 5 fully saturated rings. The van der Waals surface area contributed by atoms with Crippen molar-refractivity contribution in [1.29, 1.82) is 0 Å². The van der Waals surface area contributed by atoms with Gasteiger partial charge >= 0.3 is 17.9 Å². The second kappa shape index (κ2) is 9.39. The molecule has 11 nitrogen and oxygen atoms in total. The SMILES string of the molecule is C=CC(=O)N1CCC(CN2C(=O)[C@H](OC(=O)c3ccccc3)[C@@]34[C@@H]2OC(=O)[C@@]32CC(=O)O[C@H]2C[C@@]4(O)C(C)(C)C)CC1. The summed E-state index contributed by atoms with van der Waals surface area (Å²) in [6, 6.07) is 8.16. The maximum Gasteiger partial charge on any atom is 0.338 e. The number of amides is 2. The maximum absolute atomic E-state index is 14.4. The number of carbonyl (C=O) groups is 5. The molecule has 11 heteroatoms. The summed E-state index contributed by atoms with van der Waals surface area (Å²) < 4.78 is 17.7. The number of aliphatic hydroxyl groups is 1. The van der Waals surface area contributed by atoms with E-state index in [4.69, 9.17) is 14.2 Å². The van der Waals surface area contributed by atoms with E-state index in [2.05, 4.69) is 6.58 Å². The van der Waals surface area contributed by atoms with Gasteiger partial charge in [0, 0.05) is 26.1 Å².